The molecular weight excluding hydrogens is 318 g/mol. The topological polar surface area (TPSA) is 64.9 Å². The van der Waals surface area contributed by atoms with Crippen molar-refractivity contribution >= 4 is 15.9 Å². The van der Waals surface area contributed by atoms with Crippen LogP contribution >= 0.6 is 15.9 Å². The molecule has 0 aliphatic rings. The molecule has 1 atom stereocenters. The number of halogens is 1. The summed E-state index contributed by atoms with van der Waals surface area (Å²) in [7, 11) is 0. The third-order valence-corrected chi connectivity index (χ3v) is 3.41. The second-order valence-corrected chi connectivity index (χ2v) is 7.16. The summed E-state index contributed by atoms with van der Waals surface area (Å²) in [4.78, 5) is 4.41. The predicted molar refractivity (Wildman–Crippen MR) is 83.2 cm³/mol. The molecule has 2 N–H and O–H groups in total. The zero-order chi connectivity index (χ0) is 14.8. The minimum Gasteiger partial charge on any atom is -0.339 e. The van der Waals surface area contributed by atoms with Crippen molar-refractivity contribution in [2.75, 3.05) is 0 Å². The molecule has 1 aromatic carbocycles. The van der Waals surface area contributed by atoms with Gasteiger partial charge in [0.05, 0.1) is 0 Å². The van der Waals surface area contributed by atoms with Crippen LogP contribution < -0.4 is 5.73 Å². The summed E-state index contributed by atoms with van der Waals surface area (Å²) in [6.07, 6.45) is 1.53. The van der Waals surface area contributed by atoms with Gasteiger partial charge in [0, 0.05) is 22.5 Å². The Kier molecular flexibility index (Phi) is 4.60. The molecule has 2 rings (SSSR count). The van der Waals surface area contributed by atoms with Gasteiger partial charge in [-0.2, -0.15) is 4.98 Å². The van der Waals surface area contributed by atoms with E-state index in [1.165, 1.54) is 0 Å². The Morgan fingerprint density at radius 2 is 1.90 bits per heavy atom. The molecule has 0 radical (unpaired) electrons. The van der Waals surface area contributed by atoms with Crippen molar-refractivity contribution in [3.63, 3.8) is 0 Å². The number of hydrogen-bond donors (Lipinski definition) is 1. The second kappa shape index (κ2) is 6.06. The summed E-state index contributed by atoms with van der Waals surface area (Å²) >= 11 is 3.40. The average molecular weight is 338 g/mol. The van der Waals surface area contributed by atoms with Crippen molar-refractivity contribution in [1.82, 2.24) is 10.1 Å². The fraction of sp³-hybridized carbons (Fsp3) is 0.467. The van der Waals surface area contributed by atoms with E-state index in [-0.39, 0.29) is 11.5 Å². The van der Waals surface area contributed by atoms with Gasteiger partial charge < -0.3 is 10.3 Å². The van der Waals surface area contributed by atoms with Gasteiger partial charge in [0.1, 0.15) is 0 Å². The lowest BCUT2D eigenvalue weighted by Gasteiger charge is -2.21. The Morgan fingerprint density at radius 1 is 1.25 bits per heavy atom. The molecule has 0 amide bonds. The van der Waals surface area contributed by atoms with Gasteiger partial charge in [0.15, 0.2) is 0 Å². The van der Waals surface area contributed by atoms with E-state index in [0.29, 0.717) is 18.1 Å². The zero-order valence-corrected chi connectivity index (χ0v) is 13.6. The maximum atomic E-state index is 6.13. The van der Waals surface area contributed by atoms with Gasteiger partial charge in [-0.25, -0.2) is 0 Å². The van der Waals surface area contributed by atoms with Crippen LogP contribution in [0, 0.1) is 5.41 Å². The number of hydrogen-bond acceptors (Lipinski definition) is 4. The van der Waals surface area contributed by atoms with Crippen LogP contribution in [0.2, 0.25) is 0 Å². The lowest BCUT2D eigenvalue weighted by atomic mass is 9.87. The number of rotatable bonds is 4. The van der Waals surface area contributed by atoms with Crippen LogP contribution in [-0.2, 0) is 6.42 Å². The van der Waals surface area contributed by atoms with Crippen molar-refractivity contribution in [3.05, 3.63) is 34.6 Å². The first-order valence-corrected chi connectivity index (χ1v) is 7.47. The van der Waals surface area contributed by atoms with Crippen molar-refractivity contribution in [2.24, 2.45) is 11.1 Å². The fourth-order valence-corrected chi connectivity index (χ4v) is 2.40. The highest BCUT2D eigenvalue weighted by molar-refractivity contribution is 9.10. The number of benzene rings is 1. The number of nitrogens with two attached hydrogens (primary N) is 1. The summed E-state index contributed by atoms with van der Waals surface area (Å²) in [5.41, 5.74) is 7.27. The standard InChI is InChI=1S/C15H20BrN3O/c1-15(2,3)9-12(17)8-13-18-14(19-20-13)10-4-6-11(16)7-5-10/h4-7,12H,8-9,17H2,1-3H3. The molecule has 0 saturated carbocycles. The summed E-state index contributed by atoms with van der Waals surface area (Å²) in [5, 5.41) is 4.01. The van der Waals surface area contributed by atoms with Gasteiger partial charge in [-0.1, -0.05) is 41.9 Å². The molecule has 0 fully saturated rings. The normalized spacial score (nSPS) is 13.4. The van der Waals surface area contributed by atoms with E-state index in [1.807, 2.05) is 24.3 Å². The smallest absolute Gasteiger partial charge is 0.228 e. The molecule has 1 heterocycles. The Morgan fingerprint density at radius 3 is 2.50 bits per heavy atom. The Bertz CT molecular complexity index is 557. The minimum atomic E-state index is 0.0354. The summed E-state index contributed by atoms with van der Waals surface area (Å²) in [6.45, 7) is 6.52. The summed E-state index contributed by atoms with van der Waals surface area (Å²) in [5.74, 6) is 1.20. The van der Waals surface area contributed by atoms with Gasteiger partial charge >= 0.3 is 0 Å². The highest BCUT2D eigenvalue weighted by Crippen LogP contribution is 2.22. The van der Waals surface area contributed by atoms with Crippen LogP contribution in [0.25, 0.3) is 11.4 Å². The third-order valence-electron chi connectivity index (χ3n) is 2.88. The molecule has 0 spiro atoms. The van der Waals surface area contributed by atoms with Crippen molar-refractivity contribution in [3.8, 4) is 11.4 Å². The van der Waals surface area contributed by atoms with Gasteiger partial charge in [-0.05, 0) is 36.1 Å². The summed E-state index contributed by atoms with van der Waals surface area (Å²) < 4.78 is 6.31. The lowest BCUT2D eigenvalue weighted by Crippen LogP contribution is -2.28. The van der Waals surface area contributed by atoms with E-state index in [1.54, 1.807) is 0 Å². The molecule has 0 aliphatic carbocycles. The lowest BCUT2D eigenvalue weighted by molar-refractivity contribution is 0.313. The van der Waals surface area contributed by atoms with Gasteiger partial charge in [-0.3, -0.25) is 0 Å². The van der Waals surface area contributed by atoms with E-state index >= 15 is 0 Å². The maximum Gasteiger partial charge on any atom is 0.228 e. The van der Waals surface area contributed by atoms with E-state index < -0.39 is 0 Å². The van der Waals surface area contributed by atoms with E-state index in [0.717, 1.165) is 16.5 Å². The molecule has 5 heteroatoms. The average Bonchev–Trinajstić information content (AvgIpc) is 2.75. The molecule has 0 aliphatic heterocycles. The van der Waals surface area contributed by atoms with Gasteiger partial charge in [0.2, 0.25) is 11.7 Å². The highest BCUT2D eigenvalue weighted by Gasteiger charge is 2.18. The van der Waals surface area contributed by atoms with Gasteiger partial charge in [0.25, 0.3) is 0 Å². The Hall–Kier alpha value is -1.20. The third kappa shape index (κ3) is 4.42. The Balaban J connectivity index is 2.04. The maximum absolute atomic E-state index is 6.13. The van der Waals surface area contributed by atoms with Crippen molar-refractivity contribution in [2.45, 2.75) is 39.7 Å². The van der Waals surface area contributed by atoms with Crippen LogP contribution in [0.3, 0.4) is 0 Å². The number of nitrogens with zero attached hydrogens (tertiary/aromatic N) is 2. The SMILES string of the molecule is CC(C)(C)CC(N)Cc1nc(-c2ccc(Br)cc2)no1. The summed E-state index contributed by atoms with van der Waals surface area (Å²) in [6, 6.07) is 7.85. The second-order valence-electron chi connectivity index (χ2n) is 6.25. The molecule has 2 aromatic rings. The van der Waals surface area contributed by atoms with Crippen LogP contribution in [0.15, 0.2) is 33.3 Å². The first-order chi connectivity index (χ1) is 9.33. The van der Waals surface area contributed by atoms with Crippen LogP contribution in [0.5, 0.6) is 0 Å². The highest BCUT2D eigenvalue weighted by atomic mass is 79.9. The molecule has 1 unspecified atom stereocenters. The molecule has 1 aromatic heterocycles. The van der Waals surface area contributed by atoms with E-state index in [2.05, 4.69) is 46.8 Å². The Labute approximate surface area is 127 Å². The predicted octanol–water partition coefficient (Wildman–Crippen LogP) is 3.81. The molecular formula is C15H20BrN3O. The fourth-order valence-electron chi connectivity index (χ4n) is 2.14. The number of aromatic nitrogens is 2. The first kappa shape index (κ1) is 15.2. The molecule has 0 saturated heterocycles. The van der Waals surface area contributed by atoms with Crippen LogP contribution in [0.4, 0.5) is 0 Å². The van der Waals surface area contributed by atoms with E-state index in [9.17, 15) is 0 Å². The quantitative estimate of drug-likeness (QED) is 0.921. The first-order valence-electron chi connectivity index (χ1n) is 6.67. The van der Waals surface area contributed by atoms with Crippen LogP contribution in [0.1, 0.15) is 33.1 Å². The molecule has 0 bridgehead atoms. The molecule has 108 valence electrons. The minimum absolute atomic E-state index is 0.0354. The largest absolute Gasteiger partial charge is 0.339 e. The van der Waals surface area contributed by atoms with Gasteiger partial charge in [-0.15, -0.1) is 0 Å². The van der Waals surface area contributed by atoms with E-state index in [4.69, 9.17) is 10.3 Å². The monoisotopic (exact) mass is 337 g/mol. The zero-order valence-electron chi connectivity index (χ0n) is 12.1. The van der Waals surface area contributed by atoms with Crippen molar-refractivity contribution in [1.29, 1.82) is 0 Å². The molecule has 4 nitrogen and oxygen atoms in total. The molecule has 20 heavy (non-hydrogen) atoms. The van der Waals surface area contributed by atoms with Crippen LogP contribution in [-0.4, -0.2) is 16.2 Å². The van der Waals surface area contributed by atoms with Crippen molar-refractivity contribution < 1.29 is 4.52 Å².